The van der Waals surface area contributed by atoms with E-state index in [1.165, 1.54) is 12.1 Å². The van der Waals surface area contributed by atoms with E-state index in [4.69, 9.17) is 4.74 Å². The zero-order chi connectivity index (χ0) is 17.9. The molecule has 1 heterocycles. The van der Waals surface area contributed by atoms with Crippen molar-refractivity contribution in [1.82, 2.24) is 10.2 Å². The molecular formula is C17H23F3N2O2. The Labute approximate surface area is 140 Å². The van der Waals surface area contributed by atoms with E-state index in [1.807, 2.05) is 0 Å². The van der Waals surface area contributed by atoms with Crippen LogP contribution < -0.4 is 5.32 Å². The van der Waals surface area contributed by atoms with Gasteiger partial charge in [-0.15, -0.1) is 0 Å². The Morgan fingerprint density at radius 1 is 1.29 bits per heavy atom. The van der Waals surface area contributed by atoms with Gasteiger partial charge in [0.05, 0.1) is 24.1 Å². The van der Waals surface area contributed by atoms with E-state index in [2.05, 4.69) is 24.1 Å². The summed E-state index contributed by atoms with van der Waals surface area (Å²) >= 11 is 0. The SMILES string of the molecule is CO[C@H]1CN(C(C)C)C[C@@H]1NC(=O)Cc1ccc(C(F)(F)F)cc1. The number of halogens is 3. The number of hydrogen-bond donors (Lipinski definition) is 1. The molecule has 1 saturated heterocycles. The van der Waals surface area contributed by atoms with Crippen LogP contribution in [0.2, 0.25) is 0 Å². The topological polar surface area (TPSA) is 41.6 Å². The van der Waals surface area contributed by atoms with Gasteiger partial charge < -0.3 is 10.1 Å². The van der Waals surface area contributed by atoms with Crippen LogP contribution >= 0.6 is 0 Å². The lowest BCUT2D eigenvalue weighted by molar-refractivity contribution is -0.137. The molecule has 1 aliphatic rings. The lowest BCUT2D eigenvalue weighted by atomic mass is 10.1. The van der Waals surface area contributed by atoms with Crippen LogP contribution in [0, 0.1) is 0 Å². The average molecular weight is 344 g/mol. The van der Waals surface area contributed by atoms with Gasteiger partial charge in [0, 0.05) is 26.2 Å². The number of nitrogens with one attached hydrogen (secondary N) is 1. The molecule has 24 heavy (non-hydrogen) atoms. The van der Waals surface area contributed by atoms with Gasteiger partial charge in [-0.05, 0) is 31.5 Å². The van der Waals surface area contributed by atoms with Gasteiger partial charge >= 0.3 is 6.18 Å². The van der Waals surface area contributed by atoms with E-state index in [1.54, 1.807) is 7.11 Å². The highest BCUT2D eigenvalue weighted by molar-refractivity contribution is 5.79. The Bertz CT molecular complexity index is 558. The summed E-state index contributed by atoms with van der Waals surface area (Å²) in [6, 6.07) is 4.92. The van der Waals surface area contributed by atoms with Crippen LogP contribution in [0.4, 0.5) is 13.2 Å². The summed E-state index contributed by atoms with van der Waals surface area (Å²) in [6.45, 7) is 5.62. The van der Waals surface area contributed by atoms with Gasteiger partial charge in [-0.2, -0.15) is 13.2 Å². The zero-order valence-corrected chi connectivity index (χ0v) is 14.1. The van der Waals surface area contributed by atoms with Crippen LogP contribution in [0.3, 0.4) is 0 Å². The highest BCUT2D eigenvalue weighted by Gasteiger charge is 2.35. The molecule has 1 amide bonds. The van der Waals surface area contributed by atoms with Gasteiger partial charge in [0.2, 0.25) is 5.91 Å². The summed E-state index contributed by atoms with van der Waals surface area (Å²) < 4.78 is 43.0. The zero-order valence-electron chi connectivity index (χ0n) is 14.1. The second kappa shape index (κ2) is 7.53. The number of alkyl halides is 3. The summed E-state index contributed by atoms with van der Waals surface area (Å²) in [4.78, 5) is 14.4. The first-order valence-electron chi connectivity index (χ1n) is 7.93. The van der Waals surface area contributed by atoms with E-state index in [0.29, 0.717) is 18.2 Å². The number of benzene rings is 1. The number of ether oxygens (including phenoxy) is 1. The van der Waals surface area contributed by atoms with Gasteiger partial charge in [-0.1, -0.05) is 12.1 Å². The largest absolute Gasteiger partial charge is 0.416 e. The molecule has 0 aromatic heterocycles. The minimum Gasteiger partial charge on any atom is -0.378 e. The molecule has 7 heteroatoms. The van der Waals surface area contributed by atoms with Crippen molar-refractivity contribution in [2.75, 3.05) is 20.2 Å². The molecule has 1 aliphatic heterocycles. The Kier molecular flexibility index (Phi) is 5.87. The highest BCUT2D eigenvalue weighted by atomic mass is 19.4. The normalized spacial score (nSPS) is 22.1. The third-order valence-electron chi connectivity index (χ3n) is 4.32. The van der Waals surface area contributed by atoms with Gasteiger partial charge in [-0.25, -0.2) is 0 Å². The van der Waals surface area contributed by atoms with Crippen LogP contribution in [0.25, 0.3) is 0 Å². The van der Waals surface area contributed by atoms with Crippen molar-refractivity contribution in [2.45, 2.75) is 44.6 Å². The molecule has 0 spiro atoms. The van der Waals surface area contributed by atoms with Crippen LogP contribution in [-0.2, 0) is 22.1 Å². The first kappa shape index (κ1) is 18.7. The Balaban J connectivity index is 1.93. The van der Waals surface area contributed by atoms with E-state index >= 15 is 0 Å². The molecule has 1 N–H and O–H groups in total. The molecule has 2 rings (SSSR count). The Morgan fingerprint density at radius 3 is 2.42 bits per heavy atom. The number of amides is 1. The minimum absolute atomic E-state index is 0.0484. The van der Waals surface area contributed by atoms with Crippen LogP contribution in [0.5, 0.6) is 0 Å². The van der Waals surface area contributed by atoms with Crippen molar-refractivity contribution < 1.29 is 22.7 Å². The van der Waals surface area contributed by atoms with Crippen LogP contribution in [0.15, 0.2) is 24.3 Å². The van der Waals surface area contributed by atoms with Crippen molar-refractivity contribution in [3.8, 4) is 0 Å². The standard InChI is InChI=1S/C17H23F3N2O2/c1-11(2)22-9-14(15(10-22)24-3)21-16(23)8-12-4-6-13(7-5-12)17(18,19)20/h4-7,11,14-15H,8-10H2,1-3H3,(H,21,23)/t14-,15-/m0/s1. The molecule has 0 unspecified atom stereocenters. The Hall–Kier alpha value is -1.60. The summed E-state index contributed by atoms with van der Waals surface area (Å²) in [5.74, 6) is -0.215. The number of nitrogens with zero attached hydrogens (tertiary/aromatic N) is 1. The maximum absolute atomic E-state index is 12.5. The first-order chi connectivity index (χ1) is 11.2. The number of hydrogen-bond acceptors (Lipinski definition) is 3. The summed E-state index contributed by atoms with van der Waals surface area (Å²) in [6.07, 6.45) is -4.40. The van der Waals surface area contributed by atoms with Crippen LogP contribution in [0.1, 0.15) is 25.0 Å². The highest BCUT2D eigenvalue weighted by Crippen LogP contribution is 2.29. The van der Waals surface area contributed by atoms with Crippen molar-refractivity contribution in [3.63, 3.8) is 0 Å². The van der Waals surface area contributed by atoms with Gasteiger partial charge in [0.25, 0.3) is 0 Å². The molecule has 0 radical (unpaired) electrons. The number of carbonyl (C=O) groups excluding carboxylic acids is 1. The number of carbonyl (C=O) groups is 1. The van der Waals surface area contributed by atoms with Crippen LogP contribution in [-0.4, -0.2) is 49.2 Å². The monoisotopic (exact) mass is 344 g/mol. The first-order valence-corrected chi connectivity index (χ1v) is 7.93. The van der Waals surface area contributed by atoms with E-state index < -0.39 is 11.7 Å². The molecule has 1 aromatic carbocycles. The lowest BCUT2D eigenvalue weighted by Crippen LogP contribution is -2.44. The fourth-order valence-corrected chi connectivity index (χ4v) is 2.86. The molecular weight excluding hydrogens is 321 g/mol. The molecule has 2 atom stereocenters. The van der Waals surface area contributed by atoms with Crippen molar-refractivity contribution >= 4 is 5.91 Å². The minimum atomic E-state index is -4.36. The summed E-state index contributed by atoms with van der Waals surface area (Å²) in [5, 5.41) is 2.93. The average Bonchev–Trinajstić information content (AvgIpc) is 2.90. The predicted octanol–water partition coefficient (Wildman–Crippen LogP) is 2.47. The quantitative estimate of drug-likeness (QED) is 0.892. The van der Waals surface area contributed by atoms with E-state index in [-0.39, 0.29) is 24.5 Å². The van der Waals surface area contributed by atoms with Gasteiger partial charge in [-0.3, -0.25) is 9.69 Å². The molecule has 1 fully saturated rings. The second-order valence-corrected chi connectivity index (χ2v) is 6.37. The molecule has 1 aromatic rings. The lowest BCUT2D eigenvalue weighted by Gasteiger charge is -2.20. The third kappa shape index (κ3) is 4.70. The third-order valence-corrected chi connectivity index (χ3v) is 4.32. The predicted molar refractivity (Wildman–Crippen MR) is 84.6 cm³/mol. The second-order valence-electron chi connectivity index (χ2n) is 6.37. The maximum atomic E-state index is 12.5. The molecule has 0 saturated carbocycles. The fourth-order valence-electron chi connectivity index (χ4n) is 2.86. The van der Waals surface area contributed by atoms with Gasteiger partial charge in [0.1, 0.15) is 0 Å². The number of rotatable bonds is 5. The molecule has 134 valence electrons. The van der Waals surface area contributed by atoms with E-state index in [9.17, 15) is 18.0 Å². The molecule has 0 bridgehead atoms. The fraction of sp³-hybridized carbons (Fsp3) is 0.588. The number of likely N-dealkylation sites (tertiary alicyclic amines) is 1. The van der Waals surface area contributed by atoms with E-state index in [0.717, 1.165) is 18.7 Å². The summed E-state index contributed by atoms with van der Waals surface area (Å²) in [7, 11) is 1.61. The molecule has 4 nitrogen and oxygen atoms in total. The Morgan fingerprint density at radius 2 is 1.92 bits per heavy atom. The van der Waals surface area contributed by atoms with Crippen molar-refractivity contribution in [3.05, 3.63) is 35.4 Å². The van der Waals surface area contributed by atoms with Gasteiger partial charge in [0.15, 0.2) is 0 Å². The summed E-state index contributed by atoms with van der Waals surface area (Å²) in [5.41, 5.74) is -0.164. The smallest absolute Gasteiger partial charge is 0.378 e. The molecule has 0 aliphatic carbocycles. The van der Waals surface area contributed by atoms with Crippen molar-refractivity contribution in [1.29, 1.82) is 0 Å². The van der Waals surface area contributed by atoms with Crippen molar-refractivity contribution in [2.24, 2.45) is 0 Å². The number of methoxy groups -OCH3 is 1. The maximum Gasteiger partial charge on any atom is 0.416 e.